The van der Waals surface area contributed by atoms with Gasteiger partial charge in [0.1, 0.15) is 0 Å². The first-order valence-electron chi connectivity index (χ1n) is 12.0. The summed E-state index contributed by atoms with van der Waals surface area (Å²) in [5.74, 6) is 0.388. The summed E-state index contributed by atoms with van der Waals surface area (Å²) in [6.07, 6.45) is 4.56. The van der Waals surface area contributed by atoms with Crippen molar-refractivity contribution < 1.29 is 23.1 Å². The Labute approximate surface area is 197 Å². The lowest BCUT2D eigenvalue weighted by atomic mass is 9.95. The number of ether oxygens (including phenoxy) is 1. The van der Waals surface area contributed by atoms with Crippen molar-refractivity contribution in [3.05, 3.63) is 71.8 Å². The van der Waals surface area contributed by atoms with Gasteiger partial charge in [-0.3, -0.25) is 4.57 Å². The molecule has 2 aromatic carbocycles. The molecular weight excluding hydrogens is 437 g/mol. The first-order valence-corrected chi connectivity index (χ1v) is 13.7. The van der Waals surface area contributed by atoms with Crippen molar-refractivity contribution in [2.75, 3.05) is 25.9 Å². The van der Waals surface area contributed by atoms with Gasteiger partial charge in [-0.05, 0) is 42.7 Å². The molecule has 1 aliphatic heterocycles. The molecule has 0 bridgehead atoms. The molecule has 6 nitrogen and oxygen atoms in total. The zero-order valence-electron chi connectivity index (χ0n) is 19.6. The van der Waals surface area contributed by atoms with E-state index in [1.54, 1.807) is 4.90 Å². The van der Waals surface area contributed by atoms with Gasteiger partial charge in [0, 0.05) is 13.1 Å². The minimum atomic E-state index is -3.27. The molecule has 33 heavy (non-hydrogen) atoms. The van der Waals surface area contributed by atoms with Gasteiger partial charge in [0.05, 0.1) is 26.0 Å². The van der Waals surface area contributed by atoms with Gasteiger partial charge in [0.25, 0.3) is 0 Å². The summed E-state index contributed by atoms with van der Waals surface area (Å²) in [5, 5.41) is 0. The Morgan fingerprint density at radius 3 is 2.00 bits per heavy atom. The number of carbonyl (C=O) groups is 1. The van der Waals surface area contributed by atoms with E-state index < -0.39 is 7.60 Å². The van der Waals surface area contributed by atoms with Gasteiger partial charge < -0.3 is 18.7 Å². The van der Waals surface area contributed by atoms with Crippen molar-refractivity contribution in [1.82, 2.24) is 4.90 Å². The second-order valence-electron chi connectivity index (χ2n) is 8.54. The lowest BCUT2D eigenvalue weighted by Crippen LogP contribution is -2.39. The van der Waals surface area contributed by atoms with Crippen LogP contribution in [-0.4, -0.2) is 36.9 Å². The van der Waals surface area contributed by atoms with Crippen LogP contribution in [0.15, 0.2) is 60.7 Å². The van der Waals surface area contributed by atoms with Crippen LogP contribution in [0, 0.1) is 5.92 Å². The largest absolute Gasteiger partial charge is 0.449 e. The van der Waals surface area contributed by atoms with Crippen LogP contribution in [0.1, 0.15) is 50.2 Å². The maximum atomic E-state index is 13.6. The molecule has 0 radical (unpaired) electrons. The van der Waals surface area contributed by atoms with Crippen molar-refractivity contribution >= 4 is 13.7 Å². The van der Waals surface area contributed by atoms with Crippen LogP contribution < -0.4 is 0 Å². The number of amides is 1. The van der Waals surface area contributed by atoms with Crippen LogP contribution in [0.25, 0.3) is 0 Å². The standard InChI is InChI=1S/C26H36NO5P/c1-2-3-19-30-26(28)27-17-14-23(15-18-27)16-20-33(29,31-21-24-10-6-4-7-11-24)32-22-25-12-8-5-9-13-25/h4-13,23H,2-3,14-22H2,1H3. The molecule has 0 saturated carbocycles. The molecule has 1 heterocycles. The maximum Gasteiger partial charge on any atom is 0.409 e. The molecule has 0 aromatic heterocycles. The van der Waals surface area contributed by atoms with Crippen LogP contribution in [0.4, 0.5) is 4.79 Å². The quantitative estimate of drug-likeness (QED) is 0.255. The van der Waals surface area contributed by atoms with Crippen molar-refractivity contribution in [2.24, 2.45) is 5.92 Å². The highest BCUT2D eigenvalue weighted by molar-refractivity contribution is 7.53. The van der Waals surface area contributed by atoms with Crippen molar-refractivity contribution in [3.63, 3.8) is 0 Å². The van der Waals surface area contributed by atoms with Crippen LogP contribution in [0.2, 0.25) is 0 Å². The molecule has 7 heteroatoms. The van der Waals surface area contributed by atoms with Crippen molar-refractivity contribution in [3.8, 4) is 0 Å². The van der Waals surface area contributed by atoms with E-state index in [0.29, 0.717) is 31.8 Å². The third-order valence-electron chi connectivity index (χ3n) is 5.95. The molecule has 0 aliphatic carbocycles. The van der Waals surface area contributed by atoms with Gasteiger partial charge in [0.15, 0.2) is 0 Å². The summed E-state index contributed by atoms with van der Waals surface area (Å²) in [5.41, 5.74) is 1.94. The molecule has 0 N–H and O–H groups in total. The normalized spacial score (nSPS) is 14.9. The van der Waals surface area contributed by atoms with Gasteiger partial charge >= 0.3 is 13.7 Å². The summed E-state index contributed by atoms with van der Waals surface area (Å²) in [4.78, 5) is 13.9. The second-order valence-corrected chi connectivity index (χ2v) is 10.7. The van der Waals surface area contributed by atoms with Crippen molar-refractivity contribution in [2.45, 2.75) is 52.2 Å². The van der Waals surface area contributed by atoms with Crippen LogP contribution in [0.3, 0.4) is 0 Å². The first kappa shape index (κ1) is 25.5. The SMILES string of the molecule is CCCCOC(=O)N1CCC(CCP(=O)(OCc2ccccc2)OCc2ccccc2)CC1. The topological polar surface area (TPSA) is 65.1 Å². The molecule has 1 saturated heterocycles. The second kappa shape index (κ2) is 13.5. The van der Waals surface area contributed by atoms with E-state index in [1.165, 1.54) is 0 Å². The fourth-order valence-electron chi connectivity index (χ4n) is 3.80. The summed E-state index contributed by atoms with van der Waals surface area (Å²) in [6.45, 7) is 4.43. The van der Waals surface area contributed by atoms with Crippen LogP contribution >= 0.6 is 7.60 Å². The number of rotatable bonds is 12. The highest BCUT2D eigenvalue weighted by Gasteiger charge is 2.29. The van der Waals surface area contributed by atoms with Crippen LogP contribution in [-0.2, 0) is 31.6 Å². The van der Waals surface area contributed by atoms with E-state index in [1.807, 2.05) is 60.7 Å². The first-order chi connectivity index (χ1) is 16.1. The average molecular weight is 474 g/mol. The Hall–Kier alpha value is -2.14. The zero-order valence-corrected chi connectivity index (χ0v) is 20.5. The number of likely N-dealkylation sites (tertiary alicyclic amines) is 1. The summed E-state index contributed by atoms with van der Waals surface area (Å²) < 4.78 is 30.7. The van der Waals surface area contributed by atoms with Gasteiger partial charge in [-0.15, -0.1) is 0 Å². The van der Waals surface area contributed by atoms with Gasteiger partial charge in [0.2, 0.25) is 0 Å². The van der Waals surface area contributed by atoms with Crippen LogP contribution in [0.5, 0.6) is 0 Å². The number of carbonyl (C=O) groups excluding carboxylic acids is 1. The lowest BCUT2D eigenvalue weighted by molar-refractivity contribution is 0.0860. The predicted molar refractivity (Wildman–Crippen MR) is 130 cm³/mol. The van der Waals surface area contributed by atoms with E-state index in [9.17, 15) is 9.36 Å². The van der Waals surface area contributed by atoms with E-state index in [-0.39, 0.29) is 19.3 Å². The minimum absolute atomic E-state index is 0.218. The summed E-state index contributed by atoms with van der Waals surface area (Å²) >= 11 is 0. The lowest BCUT2D eigenvalue weighted by Gasteiger charge is -2.32. The van der Waals surface area contributed by atoms with E-state index >= 15 is 0 Å². The molecule has 1 amide bonds. The fraction of sp³-hybridized carbons (Fsp3) is 0.500. The molecule has 1 aliphatic rings. The number of benzene rings is 2. The number of hydrogen-bond acceptors (Lipinski definition) is 5. The number of nitrogens with zero attached hydrogens (tertiary/aromatic N) is 1. The fourth-order valence-corrected chi connectivity index (χ4v) is 5.51. The third-order valence-corrected chi connectivity index (χ3v) is 7.80. The number of hydrogen-bond donors (Lipinski definition) is 0. The molecule has 1 fully saturated rings. The zero-order chi connectivity index (χ0) is 23.4. The predicted octanol–water partition coefficient (Wildman–Crippen LogP) is 6.65. The molecule has 0 atom stereocenters. The molecule has 0 spiro atoms. The molecular formula is C26H36NO5P. The minimum Gasteiger partial charge on any atom is -0.449 e. The average Bonchev–Trinajstić information content (AvgIpc) is 2.87. The number of piperidine rings is 1. The van der Waals surface area contributed by atoms with Gasteiger partial charge in [-0.2, -0.15) is 0 Å². The molecule has 2 aromatic rings. The molecule has 180 valence electrons. The third kappa shape index (κ3) is 8.96. The Bertz CT molecular complexity index is 821. The Morgan fingerprint density at radius 1 is 0.939 bits per heavy atom. The van der Waals surface area contributed by atoms with E-state index in [2.05, 4.69) is 6.92 Å². The summed E-state index contributed by atoms with van der Waals surface area (Å²) in [6, 6.07) is 19.5. The Kier molecular flexibility index (Phi) is 10.5. The monoisotopic (exact) mass is 473 g/mol. The Morgan fingerprint density at radius 2 is 1.48 bits per heavy atom. The Balaban J connectivity index is 1.50. The smallest absolute Gasteiger partial charge is 0.409 e. The van der Waals surface area contributed by atoms with Crippen molar-refractivity contribution in [1.29, 1.82) is 0 Å². The molecule has 0 unspecified atom stereocenters. The van der Waals surface area contributed by atoms with Gasteiger partial charge in [-0.1, -0.05) is 74.0 Å². The van der Waals surface area contributed by atoms with E-state index in [0.717, 1.165) is 43.2 Å². The molecule has 3 rings (SSSR count). The highest BCUT2D eigenvalue weighted by atomic mass is 31.2. The van der Waals surface area contributed by atoms with Gasteiger partial charge in [-0.25, -0.2) is 4.79 Å². The number of unbranched alkanes of at least 4 members (excludes halogenated alkanes) is 1. The van der Waals surface area contributed by atoms with E-state index in [4.69, 9.17) is 13.8 Å². The highest BCUT2D eigenvalue weighted by Crippen LogP contribution is 2.51. The maximum absolute atomic E-state index is 13.6. The summed E-state index contributed by atoms with van der Waals surface area (Å²) in [7, 11) is -3.27.